The number of para-hydroxylation sites is 1. The Labute approximate surface area is 160 Å². The SMILES string of the molecule is COCc1ccccc1NC(N)=NCC(c1ccccc1)c1ccccc1. The largest absolute Gasteiger partial charge is 0.380 e. The fourth-order valence-electron chi connectivity index (χ4n) is 3.06. The zero-order chi connectivity index (χ0) is 18.9. The van der Waals surface area contributed by atoms with Crippen molar-refractivity contribution < 1.29 is 4.74 Å². The van der Waals surface area contributed by atoms with Crippen LogP contribution in [0.3, 0.4) is 0 Å². The number of aliphatic imine (C=N–C) groups is 1. The Morgan fingerprint density at radius 2 is 1.44 bits per heavy atom. The van der Waals surface area contributed by atoms with Crippen molar-refractivity contribution in [2.75, 3.05) is 19.0 Å². The van der Waals surface area contributed by atoms with Crippen molar-refractivity contribution in [2.24, 2.45) is 10.7 Å². The molecular formula is C23H25N3O. The van der Waals surface area contributed by atoms with Crippen molar-refractivity contribution in [1.82, 2.24) is 0 Å². The predicted molar refractivity (Wildman–Crippen MR) is 112 cm³/mol. The molecule has 0 fully saturated rings. The molecule has 0 amide bonds. The minimum Gasteiger partial charge on any atom is -0.380 e. The zero-order valence-electron chi connectivity index (χ0n) is 15.5. The smallest absolute Gasteiger partial charge is 0.193 e. The van der Waals surface area contributed by atoms with E-state index < -0.39 is 0 Å². The van der Waals surface area contributed by atoms with Crippen LogP contribution in [0.5, 0.6) is 0 Å². The van der Waals surface area contributed by atoms with Crippen molar-refractivity contribution in [1.29, 1.82) is 0 Å². The molecule has 3 aromatic rings. The van der Waals surface area contributed by atoms with E-state index in [0.717, 1.165) is 11.3 Å². The highest BCUT2D eigenvalue weighted by Crippen LogP contribution is 2.25. The van der Waals surface area contributed by atoms with Crippen LogP contribution in [-0.4, -0.2) is 19.6 Å². The normalized spacial score (nSPS) is 11.6. The van der Waals surface area contributed by atoms with Gasteiger partial charge in [0.15, 0.2) is 5.96 Å². The number of nitrogens with two attached hydrogens (primary N) is 1. The molecule has 0 aromatic heterocycles. The molecule has 0 bridgehead atoms. The quantitative estimate of drug-likeness (QED) is 0.486. The molecule has 138 valence electrons. The maximum Gasteiger partial charge on any atom is 0.193 e. The van der Waals surface area contributed by atoms with E-state index >= 15 is 0 Å². The first kappa shape index (κ1) is 18.7. The van der Waals surface area contributed by atoms with Gasteiger partial charge in [0.1, 0.15) is 0 Å². The minimum absolute atomic E-state index is 0.155. The number of anilines is 1. The third kappa shape index (κ3) is 5.19. The molecule has 0 radical (unpaired) electrons. The summed E-state index contributed by atoms with van der Waals surface area (Å²) in [6, 6.07) is 28.7. The molecule has 0 atom stereocenters. The highest BCUT2D eigenvalue weighted by Gasteiger charge is 2.13. The van der Waals surface area contributed by atoms with E-state index in [1.165, 1.54) is 11.1 Å². The van der Waals surface area contributed by atoms with E-state index in [1.807, 2.05) is 36.4 Å². The average molecular weight is 359 g/mol. The predicted octanol–water partition coefficient (Wildman–Crippen LogP) is 4.39. The van der Waals surface area contributed by atoms with Crippen LogP contribution < -0.4 is 11.1 Å². The molecule has 0 aliphatic heterocycles. The van der Waals surface area contributed by atoms with Gasteiger partial charge < -0.3 is 15.8 Å². The second-order valence-electron chi connectivity index (χ2n) is 6.32. The Balaban J connectivity index is 1.78. The maximum absolute atomic E-state index is 6.17. The van der Waals surface area contributed by atoms with Crippen LogP contribution in [0.1, 0.15) is 22.6 Å². The number of rotatable bonds is 7. The van der Waals surface area contributed by atoms with Crippen LogP contribution in [0.2, 0.25) is 0 Å². The summed E-state index contributed by atoms with van der Waals surface area (Å²) < 4.78 is 5.24. The van der Waals surface area contributed by atoms with Gasteiger partial charge in [-0.05, 0) is 17.2 Å². The molecule has 4 nitrogen and oxygen atoms in total. The number of benzene rings is 3. The van der Waals surface area contributed by atoms with Gasteiger partial charge in [-0.1, -0.05) is 78.9 Å². The Hall–Kier alpha value is -3.11. The van der Waals surface area contributed by atoms with Gasteiger partial charge in [-0.25, -0.2) is 0 Å². The molecule has 0 saturated carbocycles. The Bertz CT molecular complexity index is 824. The molecule has 3 N–H and O–H groups in total. The summed E-state index contributed by atoms with van der Waals surface area (Å²) in [6.45, 7) is 1.09. The van der Waals surface area contributed by atoms with E-state index in [2.05, 4.69) is 58.8 Å². The van der Waals surface area contributed by atoms with Crippen LogP contribution in [0.4, 0.5) is 5.69 Å². The van der Waals surface area contributed by atoms with Crippen LogP contribution in [0, 0.1) is 0 Å². The summed E-state index contributed by atoms with van der Waals surface area (Å²) in [5.74, 6) is 0.553. The standard InChI is InChI=1S/C23H25N3O/c1-27-17-20-14-8-9-15-22(20)26-23(24)25-16-21(18-10-4-2-5-11-18)19-12-6-3-7-13-19/h2-15,21H,16-17H2,1H3,(H3,24,25,26). The van der Waals surface area contributed by atoms with Gasteiger partial charge >= 0.3 is 0 Å². The Morgan fingerprint density at radius 1 is 0.889 bits per heavy atom. The molecule has 0 saturated heterocycles. The van der Waals surface area contributed by atoms with E-state index in [4.69, 9.17) is 10.5 Å². The molecule has 0 unspecified atom stereocenters. The molecule has 3 aromatic carbocycles. The van der Waals surface area contributed by atoms with Crippen molar-refractivity contribution in [3.05, 3.63) is 102 Å². The number of nitrogens with zero attached hydrogens (tertiary/aromatic N) is 1. The first-order valence-electron chi connectivity index (χ1n) is 9.01. The number of hydrogen-bond acceptors (Lipinski definition) is 2. The first-order valence-corrected chi connectivity index (χ1v) is 9.01. The lowest BCUT2D eigenvalue weighted by Crippen LogP contribution is -2.24. The highest BCUT2D eigenvalue weighted by atomic mass is 16.5. The van der Waals surface area contributed by atoms with Crippen molar-refractivity contribution in [2.45, 2.75) is 12.5 Å². The lowest BCUT2D eigenvalue weighted by Gasteiger charge is -2.17. The summed E-state index contributed by atoms with van der Waals surface area (Å²) in [6.07, 6.45) is 0. The van der Waals surface area contributed by atoms with Gasteiger partial charge in [-0.3, -0.25) is 4.99 Å². The molecular weight excluding hydrogens is 334 g/mol. The van der Waals surface area contributed by atoms with Crippen molar-refractivity contribution >= 4 is 11.6 Å². The number of ether oxygens (including phenoxy) is 1. The summed E-state index contributed by atoms with van der Waals surface area (Å²) in [5.41, 5.74) is 10.6. The summed E-state index contributed by atoms with van der Waals surface area (Å²) >= 11 is 0. The second-order valence-corrected chi connectivity index (χ2v) is 6.32. The third-order valence-corrected chi connectivity index (χ3v) is 4.43. The fraction of sp³-hybridized carbons (Fsp3) is 0.174. The number of methoxy groups -OCH3 is 1. The number of guanidine groups is 1. The summed E-state index contributed by atoms with van der Waals surface area (Å²) in [5, 5.41) is 3.20. The Kier molecular flexibility index (Phi) is 6.61. The van der Waals surface area contributed by atoms with Gasteiger partial charge in [0.05, 0.1) is 13.2 Å². The van der Waals surface area contributed by atoms with Gasteiger partial charge in [0.2, 0.25) is 0 Å². The van der Waals surface area contributed by atoms with Crippen molar-refractivity contribution in [3.8, 4) is 0 Å². The van der Waals surface area contributed by atoms with Gasteiger partial charge in [-0.2, -0.15) is 0 Å². The highest BCUT2D eigenvalue weighted by molar-refractivity contribution is 5.93. The molecule has 0 aliphatic carbocycles. The molecule has 0 heterocycles. The first-order chi connectivity index (χ1) is 13.3. The van der Waals surface area contributed by atoms with Gasteiger partial charge in [0.25, 0.3) is 0 Å². The van der Waals surface area contributed by atoms with Crippen molar-refractivity contribution in [3.63, 3.8) is 0 Å². The van der Waals surface area contributed by atoms with Gasteiger partial charge in [0, 0.05) is 24.3 Å². The fourth-order valence-corrected chi connectivity index (χ4v) is 3.06. The molecule has 3 rings (SSSR count). The third-order valence-electron chi connectivity index (χ3n) is 4.43. The van der Waals surface area contributed by atoms with E-state index in [-0.39, 0.29) is 5.92 Å². The topological polar surface area (TPSA) is 59.6 Å². The minimum atomic E-state index is 0.155. The summed E-state index contributed by atoms with van der Waals surface area (Å²) in [7, 11) is 1.68. The van der Waals surface area contributed by atoms with E-state index in [9.17, 15) is 0 Å². The van der Waals surface area contributed by atoms with Crippen LogP contribution in [0.25, 0.3) is 0 Å². The second kappa shape index (κ2) is 9.55. The van der Waals surface area contributed by atoms with Crippen LogP contribution in [-0.2, 0) is 11.3 Å². The molecule has 0 spiro atoms. The van der Waals surface area contributed by atoms with Gasteiger partial charge in [-0.15, -0.1) is 0 Å². The monoisotopic (exact) mass is 359 g/mol. The number of nitrogens with one attached hydrogen (secondary N) is 1. The van der Waals surface area contributed by atoms with Crippen LogP contribution in [0.15, 0.2) is 89.9 Å². The average Bonchev–Trinajstić information content (AvgIpc) is 2.71. The summed E-state index contributed by atoms with van der Waals surface area (Å²) in [4.78, 5) is 4.62. The lowest BCUT2D eigenvalue weighted by molar-refractivity contribution is 0.185. The van der Waals surface area contributed by atoms with E-state index in [0.29, 0.717) is 19.1 Å². The van der Waals surface area contributed by atoms with Crippen LogP contribution >= 0.6 is 0 Å². The molecule has 27 heavy (non-hydrogen) atoms. The lowest BCUT2D eigenvalue weighted by atomic mass is 9.91. The molecule has 0 aliphatic rings. The molecule has 4 heteroatoms. The zero-order valence-corrected chi connectivity index (χ0v) is 15.5. The van der Waals surface area contributed by atoms with E-state index in [1.54, 1.807) is 7.11 Å². The number of hydrogen-bond donors (Lipinski definition) is 2. The Morgan fingerprint density at radius 3 is 2.04 bits per heavy atom. The maximum atomic E-state index is 6.17.